The van der Waals surface area contributed by atoms with E-state index < -0.39 is 6.04 Å². The maximum atomic E-state index is 13.2. The molecule has 1 atom stereocenters. The highest BCUT2D eigenvalue weighted by atomic mass is 32.2. The number of benzene rings is 2. The van der Waals surface area contributed by atoms with Gasteiger partial charge in [0.05, 0.1) is 12.9 Å². The number of nitrogens with one attached hydrogen (secondary N) is 1. The fourth-order valence-electron chi connectivity index (χ4n) is 3.37. The first-order chi connectivity index (χ1) is 14.8. The number of hydrogen-bond acceptors (Lipinski definition) is 4. The van der Waals surface area contributed by atoms with Crippen LogP contribution in [0.4, 0.5) is 0 Å². The molecule has 0 aliphatic heterocycles. The maximum absolute atomic E-state index is 13.2. The van der Waals surface area contributed by atoms with Gasteiger partial charge in [-0.1, -0.05) is 48.9 Å². The van der Waals surface area contributed by atoms with Gasteiger partial charge in [-0.15, -0.1) is 11.8 Å². The number of carbonyl (C=O) groups is 2. The number of amides is 2. The minimum atomic E-state index is -0.503. The van der Waals surface area contributed by atoms with Crippen LogP contribution in [0.1, 0.15) is 43.9 Å². The summed E-state index contributed by atoms with van der Waals surface area (Å²) in [4.78, 5) is 27.8. The molecule has 168 valence electrons. The summed E-state index contributed by atoms with van der Waals surface area (Å²) in [6, 6.07) is 15.5. The SMILES string of the molecule is CC[C@@H](C(=O)NC(C)C)N(Cc1ccc(OC)cc1)C(=O)CSCc1cccc(C)c1. The minimum absolute atomic E-state index is 0.0233. The van der Waals surface area contributed by atoms with Gasteiger partial charge in [-0.2, -0.15) is 0 Å². The molecule has 2 amide bonds. The second-order valence-corrected chi connectivity index (χ2v) is 8.92. The number of methoxy groups -OCH3 is 1. The molecule has 2 rings (SSSR count). The van der Waals surface area contributed by atoms with Gasteiger partial charge in [0.25, 0.3) is 0 Å². The van der Waals surface area contributed by atoms with Crippen LogP contribution in [-0.2, 0) is 21.9 Å². The molecule has 0 radical (unpaired) electrons. The Kier molecular flexibility index (Phi) is 9.92. The largest absolute Gasteiger partial charge is 0.497 e. The lowest BCUT2D eigenvalue weighted by Crippen LogP contribution is -2.50. The number of hydrogen-bond donors (Lipinski definition) is 1. The fourth-order valence-corrected chi connectivity index (χ4v) is 4.23. The quantitative estimate of drug-likeness (QED) is 0.554. The zero-order valence-corrected chi connectivity index (χ0v) is 20.0. The highest BCUT2D eigenvalue weighted by Crippen LogP contribution is 2.19. The number of rotatable bonds is 11. The molecule has 0 heterocycles. The Morgan fingerprint density at radius 1 is 1.10 bits per heavy atom. The van der Waals surface area contributed by atoms with Crippen molar-refractivity contribution in [2.45, 2.75) is 58.5 Å². The second kappa shape index (κ2) is 12.4. The van der Waals surface area contributed by atoms with Crippen LogP contribution in [0, 0.1) is 6.92 Å². The van der Waals surface area contributed by atoms with Crippen molar-refractivity contribution in [1.29, 1.82) is 0 Å². The van der Waals surface area contributed by atoms with Crippen LogP contribution in [0.15, 0.2) is 48.5 Å². The molecule has 0 unspecified atom stereocenters. The molecule has 0 bridgehead atoms. The average molecular weight is 443 g/mol. The first kappa shape index (κ1) is 24.8. The predicted molar refractivity (Wildman–Crippen MR) is 128 cm³/mol. The van der Waals surface area contributed by atoms with E-state index in [0.717, 1.165) is 17.1 Å². The summed E-state index contributed by atoms with van der Waals surface area (Å²) in [6.07, 6.45) is 0.559. The zero-order chi connectivity index (χ0) is 22.8. The molecule has 0 aliphatic carbocycles. The monoisotopic (exact) mass is 442 g/mol. The summed E-state index contributed by atoms with van der Waals surface area (Å²) in [7, 11) is 1.62. The van der Waals surface area contributed by atoms with Gasteiger partial charge < -0.3 is 15.0 Å². The van der Waals surface area contributed by atoms with E-state index in [1.807, 2.05) is 51.1 Å². The number of aryl methyl sites for hydroxylation is 1. The van der Waals surface area contributed by atoms with Gasteiger partial charge >= 0.3 is 0 Å². The lowest BCUT2D eigenvalue weighted by atomic mass is 10.1. The molecule has 2 aromatic carbocycles. The molecule has 0 fully saturated rings. The van der Waals surface area contributed by atoms with Gasteiger partial charge in [-0.25, -0.2) is 0 Å². The van der Waals surface area contributed by atoms with Crippen LogP contribution in [0.3, 0.4) is 0 Å². The lowest BCUT2D eigenvalue weighted by molar-refractivity contribution is -0.139. The van der Waals surface area contributed by atoms with Crippen molar-refractivity contribution in [2.75, 3.05) is 12.9 Å². The molecule has 0 saturated carbocycles. The third kappa shape index (κ3) is 7.94. The number of thioether (sulfide) groups is 1. The van der Waals surface area contributed by atoms with Crippen LogP contribution in [0.5, 0.6) is 5.75 Å². The highest BCUT2D eigenvalue weighted by Gasteiger charge is 2.28. The van der Waals surface area contributed by atoms with Gasteiger partial charge in [0.2, 0.25) is 11.8 Å². The van der Waals surface area contributed by atoms with Crippen molar-refractivity contribution in [3.63, 3.8) is 0 Å². The zero-order valence-electron chi connectivity index (χ0n) is 19.2. The summed E-state index contributed by atoms with van der Waals surface area (Å²) in [5.41, 5.74) is 3.37. The lowest BCUT2D eigenvalue weighted by Gasteiger charge is -2.31. The first-order valence-corrected chi connectivity index (χ1v) is 11.9. The van der Waals surface area contributed by atoms with Crippen LogP contribution in [0.25, 0.3) is 0 Å². The van der Waals surface area contributed by atoms with Crippen LogP contribution in [0.2, 0.25) is 0 Å². The first-order valence-electron chi connectivity index (χ1n) is 10.7. The summed E-state index contributed by atoms with van der Waals surface area (Å²) in [5.74, 6) is 1.72. The highest BCUT2D eigenvalue weighted by molar-refractivity contribution is 7.99. The number of ether oxygens (including phenoxy) is 1. The second-order valence-electron chi connectivity index (χ2n) is 7.94. The van der Waals surface area contributed by atoms with E-state index in [0.29, 0.717) is 18.7 Å². The standard InChI is InChI=1S/C25H34N2O3S/c1-6-23(25(29)26-18(2)3)27(15-20-10-12-22(30-5)13-11-20)24(28)17-31-16-21-9-7-8-19(4)14-21/h7-14,18,23H,6,15-17H2,1-5H3,(H,26,29)/t23-/m0/s1. The summed E-state index contributed by atoms with van der Waals surface area (Å²) >= 11 is 1.58. The van der Waals surface area contributed by atoms with Crippen molar-refractivity contribution in [2.24, 2.45) is 0 Å². The molecule has 1 N–H and O–H groups in total. The van der Waals surface area contributed by atoms with Crippen molar-refractivity contribution in [1.82, 2.24) is 10.2 Å². The summed E-state index contributed by atoms with van der Waals surface area (Å²) in [6.45, 7) is 8.25. The van der Waals surface area contributed by atoms with Crippen LogP contribution in [-0.4, -0.2) is 41.7 Å². The van der Waals surface area contributed by atoms with Gasteiger partial charge in [0.1, 0.15) is 11.8 Å². The molecule has 0 aromatic heterocycles. The van der Waals surface area contributed by atoms with E-state index in [-0.39, 0.29) is 17.9 Å². The topological polar surface area (TPSA) is 58.6 Å². The third-order valence-electron chi connectivity index (χ3n) is 4.91. The smallest absolute Gasteiger partial charge is 0.243 e. The van der Waals surface area contributed by atoms with Crippen LogP contribution >= 0.6 is 11.8 Å². The van der Waals surface area contributed by atoms with E-state index in [2.05, 4.69) is 30.4 Å². The molecule has 5 nitrogen and oxygen atoms in total. The Balaban J connectivity index is 2.13. The molecule has 0 saturated heterocycles. The van der Waals surface area contributed by atoms with E-state index in [1.54, 1.807) is 23.8 Å². The van der Waals surface area contributed by atoms with Crippen molar-refractivity contribution in [3.05, 3.63) is 65.2 Å². The minimum Gasteiger partial charge on any atom is -0.497 e. The Morgan fingerprint density at radius 3 is 2.39 bits per heavy atom. The van der Waals surface area contributed by atoms with Gasteiger partial charge in [0, 0.05) is 18.3 Å². The van der Waals surface area contributed by atoms with Crippen molar-refractivity contribution in [3.8, 4) is 5.75 Å². The van der Waals surface area contributed by atoms with Crippen molar-refractivity contribution < 1.29 is 14.3 Å². The molecular formula is C25H34N2O3S. The Morgan fingerprint density at radius 2 is 1.81 bits per heavy atom. The van der Waals surface area contributed by atoms with Gasteiger partial charge in [0.15, 0.2) is 0 Å². The normalized spacial score (nSPS) is 11.8. The Labute approximate surface area is 190 Å². The molecule has 0 spiro atoms. The summed E-state index contributed by atoms with van der Waals surface area (Å²) in [5, 5.41) is 2.96. The molecular weight excluding hydrogens is 408 g/mol. The molecule has 0 aliphatic rings. The van der Waals surface area contributed by atoms with Crippen molar-refractivity contribution >= 4 is 23.6 Å². The predicted octanol–water partition coefficient (Wildman–Crippen LogP) is 4.57. The number of carbonyl (C=O) groups excluding carboxylic acids is 2. The third-order valence-corrected chi connectivity index (χ3v) is 5.89. The van der Waals surface area contributed by atoms with E-state index in [1.165, 1.54) is 11.1 Å². The van der Waals surface area contributed by atoms with E-state index >= 15 is 0 Å². The number of nitrogens with zero attached hydrogens (tertiary/aromatic N) is 1. The van der Waals surface area contributed by atoms with Gasteiger partial charge in [-0.3, -0.25) is 9.59 Å². The van der Waals surface area contributed by atoms with E-state index in [9.17, 15) is 9.59 Å². The Hall–Kier alpha value is -2.47. The fraction of sp³-hybridized carbons (Fsp3) is 0.440. The summed E-state index contributed by atoms with van der Waals surface area (Å²) < 4.78 is 5.23. The van der Waals surface area contributed by atoms with Crippen LogP contribution < -0.4 is 10.1 Å². The molecule has 31 heavy (non-hydrogen) atoms. The molecule has 2 aromatic rings. The van der Waals surface area contributed by atoms with Gasteiger partial charge in [-0.05, 0) is 50.5 Å². The molecule has 6 heteroatoms. The Bertz CT molecular complexity index is 852. The average Bonchev–Trinajstić information content (AvgIpc) is 2.73. The maximum Gasteiger partial charge on any atom is 0.243 e. The van der Waals surface area contributed by atoms with E-state index in [4.69, 9.17) is 4.74 Å².